The minimum Gasteiger partial charge on any atom is -0.352 e. The fraction of sp³-hybridized carbons (Fsp3) is 0.417. The Morgan fingerprint density at radius 3 is 2.62 bits per heavy atom. The molecule has 2 aromatic carbocycles. The maximum atomic E-state index is 14.7. The average Bonchev–Trinajstić information content (AvgIpc) is 3.54. The van der Waals surface area contributed by atoms with E-state index in [9.17, 15) is 23.1 Å². The molecule has 0 radical (unpaired) electrons. The highest BCUT2D eigenvalue weighted by atomic mass is 32.3. The smallest absolute Gasteiger partial charge is 0.251 e. The molecular weight excluding hydrogens is 431 g/mol. The largest absolute Gasteiger partial charge is 0.352 e. The molecule has 2 aromatic rings. The summed E-state index contributed by atoms with van der Waals surface area (Å²) in [6.07, 6.45) is 3.01. The van der Waals surface area contributed by atoms with Gasteiger partial charge in [-0.3, -0.25) is 18.7 Å². The van der Waals surface area contributed by atoms with Crippen LogP contribution in [0.2, 0.25) is 0 Å². The molecule has 1 saturated heterocycles. The molecule has 0 unspecified atom stereocenters. The predicted molar refractivity (Wildman–Crippen MR) is 124 cm³/mol. The van der Waals surface area contributed by atoms with Gasteiger partial charge in [0.25, 0.3) is 5.91 Å². The summed E-state index contributed by atoms with van der Waals surface area (Å²) in [6, 6.07) is 8.51. The second-order valence-electron chi connectivity index (χ2n) is 9.29. The first-order valence-electron chi connectivity index (χ1n) is 11.0. The molecule has 4 N–H and O–H groups in total. The normalized spacial score (nSPS) is 21.7. The van der Waals surface area contributed by atoms with E-state index < -0.39 is 21.8 Å². The van der Waals surface area contributed by atoms with Crippen molar-refractivity contribution in [3.63, 3.8) is 0 Å². The van der Waals surface area contributed by atoms with Gasteiger partial charge < -0.3 is 10.6 Å². The Morgan fingerprint density at radius 1 is 1.22 bits per heavy atom. The van der Waals surface area contributed by atoms with E-state index in [0.717, 1.165) is 24.0 Å². The zero-order valence-electron chi connectivity index (χ0n) is 17.9. The summed E-state index contributed by atoms with van der Waals surface area (Å²) in [4.78, 5) is 25.4. The molecule has 5 rings (SSSR count). The van der Waals surface area contributed by atoms with E-state index in [2.05, 4.69) is 10.6 Å². The number of amides is 2. The van der Waals surface area contributed by atoms with Crippen molar-refractivity contribution in [2.24, 2.45) is 5.92 Å². The van der Waals surface area contributed by atoms with Crippen LogP contribution < -0.4 is 10.6 Å². The van der Waals surface area contributed by atoms with Crippen LogP contribution in [0.1, 0.15) is 47.2 Å². The molecule has 0 atom stereocenters. The average molecular weight is 459 g/mol. The predicted octanol–water partition coefficient (Wildman–Crippen LogP) is 4.68. The zero-order valence-corrected chi connectivity index (χ0v) is 18.7. The molecule has 1 saturated carbocycles. The van der Waals surface area contributed by atoms with Crippen molar-refractivity contribution in [3.8, 4) is 11.1 Å². The summed E-state index contributed by atoms with van der Waals surface area (Å²) in [7, 11) is -2.61. The molecule has 0 bridgehead atoms. The Hall–Kier alpha value is -2.42. The van der Waals surface area contributed by atoms with Crippen LogP contribution in [0.4, 0.5) is 10.1 Å². The number of hydrogen-bond donors (Lipinski definition) is 4. The number of benzene rings is 2. The second-order valence-corrected chi connectivity index (χ2v) is 11.7. The summed E-state index contributed by atoms with van der Waals surface area (Å²) >= 11 is 0. The van der Waals surface area contributed by atoms with Crippen molar-refractivity contribution >= 4 is 28.1 Å². The Morgan fingerprint density at radius 2 is 1.94 bits per heavy atom. The number of fused-ring (bicyclic) bond motifs is 2. The topological polar surface area (TPSA) is 98.7 Å². The third kappa shape index (κ3) is 3.70. The number of hydrogen-bond acceptors (Lipinski definition) is 4. The van der Waals surface area contributed by atoms with Crippen LogP contribution in [-0.4, -0.2) is 39.0 Å². The Labute approximate surface area is 188 Å². The van der Waals surface area contributed by atoms with Crippen molar-refractivity contribution in [2.75, 3.05) is 23.4 Å². The number of carbonyl (C=O) groups is 2. The number of anilines is 1. The van der Waals surface area contributed by atoms with Crippen LogP contribution in [0, 0.1) is 18.7 Å². The minimum atomic E-state index is -2.61. The van der Waals surface area contributed by atoms with Gasteiger partial charge in [0.1, 0.15) is 5.82 Å². The van der Waals surface area contributed by atoms with Gasteiger partial charge in [-0.25, -0.2) is 4.39 Å². The molecule has 2 aliphatic heterocycles. The fourth-order valence-electron chi connectivity index (χ4n) is 4.77. The van der Waals surface area contributed by atoms with Crippen LogP contribution in [-0.2, 0) is 10.2 Å². The zero-order chi connectivity index (χ0) is 22.7. The van der Waals surface area contributed by atoms with Crippen LogP contribution in [0.3, 0.4) is 0 Å². The fourth-order valence-corrected chi connectivity index (χ4v) is 6.32. The van der Waals surface area contributed by atoms with Gasteiger partial charge in [-0.1, -0.05) is 12.1 Å². The van der Waals surface area contributed by atoms with Gasteiger partial charge in [0.05, 0.1) is 5.41 Å². The van der Waals surface area contributed by atoms with Crippen LogP contribution in [0.5, 0.6) is 0 Å². The van der Waals surface area contributed by atoms with E-state index in [4.69, 9.17) is 0 Å². The lowest BCUT2D eigenvalue weighted by molar-refractivity contribution is -0.121. The molecule has 2 heterocycles. The Bertz CT molecular complexity index is 1120. The third-order valence-corrected chi connectivity index (χ3v) is 8.81. The molecule has 170 valence electrons. The number of rotatable bonds is 4. The summed E-state index contributed by atoms with van der Waals surface area (Å²) < 4.78 is 34.7. The van der Waals surface area contributed by atoms with Crippen molar-refractivity contribution < 1.29 is 23.1 Å². The summed E-state index contributed by atoms with van der Waals surface area (Å²) in [5.74, 6) is 0.0953. The number of carbonyl (C=O) groups excluding carboxylic acids is 2. The highest BCUT2D eigenvalue weighted by Gasteiger charge is 2.49. The highest BCUT2D eigenvalue weighted by molar-refractivity contribution is 8.24. The van der Waals surface area contributed by atoms with Gasteiger partial charge in [-0.15, -0.1) is 0 Å². The van der Waals surface area contributed by atoms with Gasteiger partial charge in [0.2, 0.25) is 5.91 Å². The number of nitrogens with one attached hydrogen (secondary N) is 2. The molecule has 6 nitrogen and oxygen atoms in total. The molecular formula is C24H27FN2O4S. The third-order valence-electron chi connectivity index (χ3n) is 7.10. The Balaban J connectivity index is 1.47. The van der Waals surface area contributed by atoms with Crippen LogP contribution in [0.15, 0.2) is 30.3 Å². The van der Waals surface area contributed by atoms with Crippen molar-refractivity contribution in [1.29, 1.82) is 0 Å². The molecule has 8 heteroatoms. The molecule has 32 heavy (non-hydrogen) atoms. The Kier molecular flexibility index (Phi) is 5.07. The summed E-state index contributed by atoms with van der Waals surface area (Å²) in [6.45, 7) is 2.29. The molecule has 1 spiro atoms. The summed E-state index contributed by atoms with van der Waals surface area (Å²) in [5.41, 5.74) is 2.80. The standard InChI is InChI=1S/C24H27FN2O4S/c1-14-18(10-17(11-20(14)25)22(28)26-13-15-2-3-15)16-4-5-19-21(12-16)27-23(29)24(19)6-8-32(30,31)9-7-24/h4-5,10-12,15,30-31H,2-3,6-9,13H2,1H3,(H,26,28)(H,27,29). The monoisotopic (exact) mass is 458 g/mol. The molecule has 2 fully saturated rings. The van der Waals surface area contributed by atoms with Crippen molar-refractivity contribution in [3.05, 3.63) is 52.8 Å². The first kappa shape index (κ1) is 21.4. The van der Waals surface area contributed by atoms with Gasteiger partial charge in [-0.05, 0) is 79.0 Å². The van der Waals surface area contributed by atoms with Gasteiger partial charge in [0.15, 0.2) is 0 Å². The molecule has 1 aliphatic carbocycles. The summed E-state index contributed by atoms with van der Waals surface area (Å²) in [5, 5.41) is 5.82. The van der Waals surface area contributed by atoms with E-state index in [1.54, 1.807) is 13.0 Å². The lowest BCUT2D eigenvalue weighted by Crippen LogP contribution is -2.41. The molecule has 3 aliphatic rings. The van der Waals surface area contributed by atoms with E-state index in [1.807, 2.05) is 18.2 Å². The minimum absolute atomic E-state index is 0.129. The highest BCUT2D eigenvalue weighted by Crippen LogP contribution is 2.55. The maximum absolute atomic E-state index is 14.7. The molecule has 2 amide bonds. The molecule has 0 aromatic heterocycles. The maximum Gasteiger partial charge on any atom is 0.251 e. The van der Waals surface area contributed by atoms with E-state index in [0.29, 0.717) is 42.1 Å². The first-order chi connectivity index (χ1) is 15.2. The van der Waals surface area contributed by atoms with Gasteiger partial charge >= 0.3 is 0 Å². The number of halogens is 1. The van der Waals surface area contributed by atoms with Crippen LogP contribution >= 0.6 is 10.6 Å². The first-order valence-corrected chi connectivity index (χ1v) is 12.9. The second kappa shape index (κ2) is 7.57. The lowest BCUT2D eigenvalue weighted by Gasteiger charge is -2.43. The van der Waals surface area contributed by atoms with E-state index in [1.165, 1.54) is 6.07 Å². The SMILES string of the molecule is Cc1c(F)cc(C(=O)NCC2CC2)cc1-c1ccc2c(c1)NC(=O)C21CCS(O)(O)CC1. The lowest BCUT2D eigenvalue weighted by atomic mass is 9.76. The van der Waals surface area contributed by atoms with Crippen molar-refractivity contribution in [1.82, 2.24) is 5.32 Å². The van der Waals surface area contributed by atoms with E-state index >= 15 is 0 Å². The van der Waals surface area contributed by atoms with Gasteiger partial charge in [0, 0.05) is 29.3 Å². The quantitative estimate of drug-likeness (QED) is 0.535. The van der Waals surface area contributed by atoms with Crippen LogP contribution in [0.25, 0.3) is 11.1 Å². The van der Waals surface area contributed by atoms with Crippen molar-refractivity contribution in [2.45, 2.75) is 38.0 Å². The van der Waals surface area contributed by atoms with Gasteiger partial charge in [-0.2, -0.15) is 10.6 Å². The van der Waals surface area contributed by atoms with E-state index in [-0.39, 0.29) is 28.9 Å².